The Kier molecular flexibility index (Phi) is 7.87. The summed E-state index contributed by atoms with van der Waals surface area (Å²) in [5.74, 6) is -0.616. The quantitative estimate of drug-likeness (QED) is 0.709. The van der Waals surface area contributed by atoms with Gasteiger partial charge >= 0.3 is 0 Å². The molecule has 20 heavy (non-hydrogen) atoms. The molecule has 116 valence electrons. The molecule has 6 nitrogen and oxygen atoms in total. The van der Waals surface area contributed by atoms with Crippen molar-refractivity contribution in [3.63, 3.8) is 0 Å². The predicted molar refractivity (Wildman–Crippen MR) is 77.8 cm³/mol. The Hall–Kier alpha value is -1.59. The smallest absolute Gasteiger partial charge is 0.242 e. The fraction of sp³-hybridized carbons (Fsp3) is 0.786. The van der Waals surface area contributed by atoms with Crippen LogP contribution in [0.15, 0.2) is 0 Å². The number of hydrogen-bond donors (Lipinski definition) is 1. The van der Waals surface area contributed by atoms with Crippen LogP contribution in [0.3, 0.4) is 0 Å². The number of amides is 3. The van der Waals surface area contributed by atoms with E-state index in [1.54, 1.807) is 14.1 Å². The molecule has 0 fully saturated rings. The Morgan fingerprint density at radius 3 is 2.05 bits per heavy atom. The van der Waals surface area contributed by atoms with Crippen molar-refractivity contribution in [2.45, 2.75) is 46.1 Å². The van der Waals surface area contributed by atoms with Gasteiger partial charge in [-0.05, 0) is 18.8 Å². The molecule has 6 heteroatoms. The lowest BCUT2D eigenvalue weighted by atomic mass is 10.0. The lowest BCUT2D eigenvalue weighted by Gasteiger charge is -2.28. The summed E-state index contributed by atoms with van der Waals surface area (Å²) in [4.78, 5) is 37.9. The van der Waals surface area contributed by atoms with Crippen LogP contribution in [0.1, 0.15) is 40.0 Å². The highest BCUT2D eigenvalue weighted by atomic mass is 16.2. The van der Waals surface area contributed by atoms with Crippen molar-refractivity contribution in [1.82, 2.24) is 9.80 Å². The molecule has 0 bridgehead atoms. The zero-order valence-electron chi connectivity index (χ0n) is 13.2. The molecule has 0 spiro atoms. The highest BCUT2D eigenvalue weighted by Crippen LogP contribution is 2.10. The molecule has 2 N–H and O–H groups in total. The predicted octanol–water partition coefficient (Wildman–Crippen LogP) is 0.603. The van der Waals surface area contributed by atoms with Gasteiger partial charge in [0, 0.05) is 20.5 Å². The van der Waals surface area contributed by atoms with Gasteiger partial charge in [-0.1, -0.05) is 20.8 Å². The lowest BCUT2D eigenvalue weighted by molar-refractivity contribution is -0.142. The lowest BCUT2D eigenvalue weighted by Crippen LogP contribution is -2.49. The normalized spacial score (nSPS) is 12.1. The minimum absolute atomic E-state index is 0.0305. The molecule has 0 aromatic rings. The maximum Gasteiger partial charge on any atom is 0.242 e. The monoisotopic (exact) mass is 285 g/mol. The van der Waals surface area contributed by atoms with E-state index in [1.165, 1.54) is 9.80 Å². The van der Waals surface area contributed by atoms with E-state index in [0.717, 1.165) is 6.42 Å². The van der Waals surface area contributed by atoms with Crippen molar-refractivity contribution < 1.29 is 14.4 Å². The Morgan fingerprint density at radius 1 is 1.10 bits per heavy atom. The second-order valence-electron chi connectivity index (χ2n) is 5.55. The first-order valence-corrected chi connectivity index (χ1v) is 6.99. The van der Waals surface area contributed by atoms with Gasteiger partial charge in [0.25, 0.3) is 0 Å². The third-order valence-corrected chi connectivity index (χ3v) is 3.15. The van der Waals surface area contributed by atoms with E-state index >= 15 is 0 Å². The molecule has 0 aromatic heterocycles. The van der Waals surface area contributed by atoms with Crippen molar-refractivity contribution in [2.75, 3.05) is 20.6 Å². The standard InChI is InChI=1S/C14H27N3O3/c1-6-7-12(18)16(4)9-13(19)17(5)11(14(15)20)8-10(2)3/h10-11H,6-9H2,1-5H3,(H2,15,20)/t11-/m0/s1. The SMILES string of the molecule is CCCC(=O)N(C)CC(=O)N(C)[C@@H](CC(C)C)C(N)=O. The van der Waals surface area contributed by atoms with Gasteiger partial charge in [-0.15, -0.1) is 0 Å². The Morgan fingerprint density at radius 2 is 1.65 bits per heavy atom. The molecule has 0 heterocycles. The number of carbonyl (C=O) groups is 3. The average molecular weight is 285 g/mol. The summed E-state index contributed by atoms with van der Waals surface area (Å²) in [6.07, 6.45) is 1.67. The second kappa shape index (κ2) is 8.55. The van der Waals surface area contributed by atoms with Gasteiger partial charge < -0.3 is 15.5 Å². The average Bonchev–Trinajstić information content (AvgIpc) is 2.34. The summed E-state index contributed by atoms with van der Waals surface area (Å²) >= 11 is 0. The van der Waals surface area contributed by atoms with Crippen molar-refractivity contribution in [3.8, 4) is 0 Å². The number of nitrogens with zero attached hydrogens (tertiary/aromatic N) is 2. The summed E-state index contributed by atoms with van der Waals surface area (Å²) in [7, 11) is 3.14. The summed E-state index contributed by atoms with van der Waals surface area (Å²) in [6, 6.07) is -0.628. The highest BCUT2D eigenvalue weighted by molar-refractivity contribution is 5.89. The molecule has 0 saturated heterocycles. The Labute approximate surface area is 121 Å². The molecule has 0 unspecified atom stereocenters. The Bertz CT molecular complexity index is 356. The van der Waals surface area contributed by atoms with Crippen LogP contribution in [0.5, 0.6) is 0 Å². The van der Waals surface area contributed by atoms with E-state index in [0.29, 0.717) is 12.8 Å². The fourth-order valence-corrected chi connectivity index (χ4v) is 1.89. The van der Waals surface area contributed by atoms with Crippen LogP contribution < -0.4 is 5.73 Å². The van der Waals surface area contributed by atoms with Gasteiger partial charge in [-0.25, -0.2) is 0 Å². The van der Waals surface area contributed by atoms with E-state index in [2.05, 4.69) is 0 Å². The maximum atomic E-state index is 12.1. The largest absolute Gasteiger partial charge is 0.368 e. The van der Waals surface area contributed by atoms with E-state index in [-0.39, 0.29) is 24.3 Å². The summed E-state index contributed by atoms with van der Waals surface area (Å²) < 4.78 is 0. The number of carbonyl (C=O) groups excluding carboxylic acids is 3. The maximum absolute atomic E-state index is 12.1. The van der Waals surface area contributed by atoms with Gasteiger partial charge in [0.1, 0.15) is 6.04 Å². The van der Waals surface area contributed by atoms with Gasteiger partial charge in [-0.3, -0.25) is 14.4 Å². The minimum atomic E-state index is -0.628. The topological polar surface area (TPSA) is 83.7 Å². The number of hydrogen-bond acceptors (Lipinski definition) is 3. The number of likely N-dealkylation sites (N-methyl/N-ethyl adjacent to an activating group) is 2. The van der Waals surface area contributed by atoms with E-state index < -0.39 is 11.9 Å². The molecule has 1 atom stereocenters. The Balaban J connectivity index is 4.65. The van der Waals surface area contributed by atoms with Crippen LogP contribution in [-0.4, -0.2) is 54.2 Å². The van der Waals surface area contributed by atoms with Crippen molar-refractivity contribution in [2.24, 2.45) is 11.7 Å². The molecule has 0 aliphatic carbocycles. The van der Waals surface area contributed by atoms with Crippen molar-refractivity contribution in [1.29, 1.82) is 0 Å². The highest BCUT2D eigenvalue weighted by Gasteiger charge is 2.26. The van der Waals surface area contributed by atoms with Crippen molar-refractivity contribution in [3.05, 3.63) is 0 Å². The first-order valence-electron chi connectivity index (χ1n) is 6.99. The molecule has 0 rings (SSSR count). The summed E-state index contributed by atoms with van der Waals surface area (Å²) in [6.45, 7) is 5.80. The summed E-state index contributed by atoms with van der Waals surface area (Å²) in [5, 5.41) is 0. The third-order valence-electron chi connectivity index (χ3n) is 3.15. The number of primary amides is 1. The first-order chi connectivity index (χ1) is 9.20. The number of nitrogens with two attached hydrogens (primary N) is 1. The molecule has 0 saturated carbocycles. The van der Waals surface area contributed by atoms with Gasteiger partial charge in [-0.2, -0.15) is 0 Å². The molecule has 3 amide bonds. The first kappa shape index (κ1) is 18.4. The van der Waals surface area contributed by atoms with Crippen LogP contribution >= 0.6 is 0 Å². The molecule has 0 aromatic carbocycles. The van der Waals surface area contributed by atoms with Crippen LogP contribution in [0.25, 0.3) is 0 Å². The molecule has 0 aliphatic heterocycles. The molecular weight excluding hydrogens is 258 g/mol. The van der Waals surface area contributed by atoms with E-state index in [4.69, 9.17) is 5.73 Å². The van der Waals surface area contributed by atoms with Gasteiger partial charge in [0.2, 0.25) is 17.7 Å². The molecule has 0 aliphatic rings. The van der Waals surface area contributed by atoms with Crippen LogP contribution in [0, 0.1) is 5.92 Å². The van der Waals surface area contributed by atoms with Gasteiger partial charge in [0.15, 0.2) is 0 Å². The molecule has 0 radical (unpaired) electrons. The van der Waals surface area contributed by atoms with Crippen LogP contribution in [0.2, 0.25) is 0 Å². The van der Waals surface area contributed by atoms with E-state index in [9.17, 15) is 14.4 Å². The van der Waals surface area contributed by atoms with E-state index in [1.807, 2.05) is 20.8 Å². The third kappa shape index (κ3) is 6.04. The second-order valence-corrected chi connectivity index (χ2v) is 5.55. The van der Waals surface area contributed by atoms with Gasteiger partial charge in [0.05, 0.1) is 6.54 Å². The molecular formula is C14H27N3O3. The summed E-state index contributed by atoms with van der Waals surface area (Å²) in [5.41, 5.74) is 5.35. The zero-order valence-corrected chi connectivity index (χ0v) is 13.2. The van der Waals surface area contributed by atoms with Crippen LogP contribution in [-0.2, 0) is 14.4 Å². The van der Waals surface area contributed by atoms with Crippen LogP contribution in [0.4, 0.5) is 0 Å². The zero-order chi connectivity index (χ0) is 15.9. The fourth-order valence-electron chi connectivity index (χ4n) is 1.89. The van der Waals surface area contributed by atoms with Crippen molar-refractivity contribution >= 4 is 17.7 Å². The number of rotatable bonds is 8. The minimum Gasteiger partial charge on any atom is -0.368 e.